The minimum atomic E-state index is -1.49. The van der Waals surface area contributed by atoms with Gasteiger partial charge in [0.2, 0.25) is 0 Å². The Labute approximate surface area is 153 Å². The first-order valence-corrected chi connectivity index (χ1v) is 8.27. The number of hydrogen-bond acceptors (Lipinski definition) is 3. The average Bonchev–Trinajstić information content (AvgIpc) is 2.71. The molecule has 0 saturated carbocycles. The number of halogens is 3. The lowest BCUT2D eigenvalue weighted by Gasteiger charge is -2.11. The van der Waals surface area contributed by atoms with E-state index >= 15 is 0 Å². The summed E-state index contributed by atoms with van der Waals surface area (Å²) in [7, 11) is 1.72. The molecule has 0 aliphatic heterocycles. The van der Waals surface area contributed by atoms with Gasteiger partial charge in [-0.2, -0.15) is 0 Å². The van der Waals surface area contributed by atoms with Crippen LogP contribution in [0.3, 0.4) is 0 Å². The Balaban J connectivity index is 1.90. The molecular weight excluding hydrogens is 351 g/mol. The third-order valence-electron chi connectivity index (χ3n) is 4.31. The monoisotopic (exact) mass is 365 g/mol. The van der Waals surface area contributed by atoms with Crippen LogP contribution in [0.2, 0.25) is 0 Å². The van der Waals surface area contributed by atoms with E-state index in [1.165, 1.54) is 6.07 Å². The standard InChI is InChI=1S/C21H14F3N3/c1-25-21-15-11-13(14-8-9-16(22)19(24)18(14)23)7-10-17(15)26-20(27-21)12-5-3-2-4-6-12/h2-11H,1H3,(H,25,26,27). The highest BCUT2D eigenvalue weighted by Crippen LogP contribution is 2.31. The van der Waals surface area contributed by atoms with Crippen molar-refractivity contribution < 1.29 is 13.2 Å². The van der Waals surface area contributed by atoms with Gasteiger partial charge >= 0.3 is 0 Å². The van der Waals surface area contributed by atoms with Crippen molar-refractivity contribution in [1.82, 2.24) is 9.97 Å². The Kier molecular flexibility index (Phi) is 4.24. The minimum Gasteiger partial charge on any atom is -0.373 e. The molecule has 0 bridgehead atoms. The Morgan fingerprint density at radius 3 is 2.30 bits per heavy atom. The molecule has 27 heavy (non-hydrogen) atoms. The number of fused-ring (bicyclic) bond motifs is 1. The molecule has 1 N–H and O–H groups in total. The summed E-state index contributed by atoms with van der Waals surface area (Å²) in [5.74, 6) is -2.81. The molecule has 0 saturated heterocycles. The first-order chi connectivity index (χ1) is 13.1. The van der Waals surface area contributed by atoms with Crippen LogP contribution in [-0.2, 0) is 0 Å². The summed E-state index contributed by atoms with van der Waals surface area (Å²) in [6.07, 6.45) is 0. The van der Waals surface area contributed by atoms with Crippen molar-refractivity contribution in [3.05, 3.63) is 78.1 Å². The second-order valence-electron chi connectivity index (χ2n) is 5.97. The zero-order valence-corrected chi connectivity index (χ0v) is 14.3. The number of nitrogens with zero attached hydrogens (tertiary/aromatic N) is 2. The lowest BCUT2D eigenvalue weighted by atomic mass is 10.0. The fourth-order valence-corrected chi connectivity index (χ4v) is 2.95. The van der Waals surface area contributed by atoms with Crippen LogP contribution in [0.1, 0.15) is 0 Å². The third-order valence-corrected chi connectivity index (χ3v) is 4.31. The molecule has 1 heterocycles. The van der Waals surface area contributed by atoms with Crippen molar-refractivity contribution >= 4 is 16.7 Å². The maximum Gasteiger partial charge on any atom is 0.195 e. The Bertz CT molecular complexity index is 1140. The molecule has 6 heteroatoms. The Hall–Kier alpha value is -3.41. The number of hydrogen-bond donors (Lipinski definition) is 1. The summed E-state index contributed by atoms with van der Waals surface area (Å²) in [6, 6.07) is 16.6. The number of anilines is 1. The largest absolute Gasteiger partial charge is 0.373 e. The molecule has 0 aliphatic carbocycles. The number of aromatic nitrogens is 2. The summed E-state index contributed by atoms with van der Waals surface area (Å²) in [5.41, 5.74) is 1.91. The first kappa shape index (κ1) is 17.0. The lowest BCUT2D eigenvalue weighted by Crippen LogP contribution is -1.99. The smallest absolute Gasteiger partial charge is 0.195 e. The summed E-state index contributed by atoms with van der Waals surface area (Å²) in [5, 5.41) is 3.67. The quantitative estimate of drug-likeness (QED) is 0.493. The van der Waals surface area contributed by atoms with Crippen molar-refractivity contribution in [2.45, 2.75) is 0 Å². The van der Waals surface area contributed by atoms with Gasteiger partial charge in [0.15, 0.2) is 23.3 Å². The molecule has 0 unspecified atom stereocenters. The fourth-order valence-electron chi connectivity index (χ4n) is 2.95. The van der Waals surface area contributed by atoms with E-state index in [4.69, 9.17) is 0 Å². The van der Waals surface area contributed by atoms with Crippen LogP contribution in [0.5, 0.6) is 0 Å². The third kappa shape index (κ3) is 2.99. The topological polar surface area (TPSA) is 37.8 Å². The molecule has 0 fully saturated rings. The van der Waals surface area contributed by atoms with E-state index in [1.807, 2.05) is 30.3 Å². The molecule has 0 aliphatic rings. The highest BCUT2D eigenvalue weighted by atomic mass is 19.2. The molecule has 1 aromatic heterocycles. The van der Waals surface area contributed by atoms with Crippen molar-refractivity contribution in [2.24, 2.45) is 0 Å². The summed E-state index contributed by atoms with van der Waals surface area (Å²) in [4.78, 5) is 9.09. The van der Waals surface area contributed by atoms with Crippen molar-refractivity contribution in [3.8, 4) is 22.5 Å². The van der Waals surface area contributed by atoms with Gasteiger partial charge in [0.25, 0.3) is 0 Å². The van der Waals surface area contributed by atoms with Crippen LogP contribution in [-0.4, -0.2) is 17.0 Å². The van der Waals surface area contributed by atoms with E-state index < -0.39 is 17.5 Å². The molecule has 4 aromatic rings. The molecule has 3 nitrogen and oxygen atoms in total. The van der Waals surface area contributed by atoms with Gasteiger partial charge in [-0.15, -0.1) is 0 Å². The Morgan fingerprint density at radius 2 is 1.56 bits per heavy atom. The van der Waals surface area contributed by atoms with Crippen LogP contribution in [0.15, 0.2) is 60.7 Å². The lowest BCUT2D eigenvalue weighted by molar-refractivity contribution is 0.449. The maximum absolute atomic E-state index is 14.2. The summed E-state index contributed by atoms with van der Waals surface area (Å²) >= 11 is 0. The predicted molar refractivity (Wildman–Crippen MR) is 99.8 cm³/mol. The molecule has 0 atom stereocenters. The van der Waals surface area contributed by atoms with Crippen LogP contribution in [0.4, 0.5) is 19.0 Å². The van der Waals surface area contributed by atoms with E-state index in [1.54, 1.807) is 25.2 Å². The minimum absolute atomic E-state index is 0.0232. The van der Waals surface area contributed by atoms with Crippen LogP contribution in [0.25, 0.3) is 33.4 Å². The van der Waals surface area contributed by atoms with Gasteiger partial charge in [-0.25, -0.2) is 23.1 Å². The SMILES string of the molecule is CNc1nc(-c2ccccc2)nc2ccc(-c3ccc(F)c(F)c3F)cc12. The van der Waals surface area contributed by atoms with E-state index in [-0.39, 0.29) is 5.56 Å². The van der Waals surface area contributed by atoms with Gasteiger partial charge in [0, 0.05) is 23.6 Å². The van der Waals surface area contributed by atoms with E-state index in [0.717, 1.165) is 11.6 Å². The number of benzene rings is 3. The van der Waals surface area contributed by atoms with Gasteiger partial charge in [-0.3, -0.25) is 0 Å². The molecule has 0 spiro atoms. The van der Waals surface area contributed by atoms with Crippen LogP contribution in [0, 0.1) is 17.5 Å². The van der Waals surface area contributed by atoms with E-state index in [9.17, 15) is 13.2 Å². The van der Waals surface area contributed by atoms with Gasteiger partial charge in [0.1, 0.15) is 5.82 Å². The highest BCUT2D eigenvalue weighted by molar-refractivity contribution is 5.94. The molecule has 134 valence electrons. The molecule has 4 rings (SSSR count). The summed E-state index contributed by atoms with van der Waals surface area (Å²) < 4.78 is 41.0. The van der Waals surface area contributed by atoms with Gasteiger partial charge in [0.05, 0.1) is 5.52 Å². The molecule has 3 aromatic carbocycles. The zero-order chi connectivity index (χ0) is 19.0. The fraction of sp³-hybridized carbons (Fsp3) is 0.0476. The van der Waals surface area contributed by atoms with Gasteiger partial charge in [-0.05, 0) is 29.8 Å². The molecule has 0 radical (unpaired) electrons. The van der Waals surface area contributed by atoms with Gasteiger partial charge in [-0.1, -0.05) is 36.4 Å². The van der Waals surface area contributed by atoms with Crippen molar-refractivity contribution in [3.63, 3.8) is 0 Å². The molecular formula is C21H14F3N3. The van der Waals surface area contributed by atoms with E-state index in [2.05, 4.69) is 15.3 Å². The van der Waals surface area contributed by atoms with Crippen molar-refractivity contribution in [1.29, 1.82) is 0 Å². The highest BCUT2D eigenvalue weighted by Gasteiger charge is 2.16. The second-order valence-corrected chi connectivity index (χ2v) is 5.97. The normalized spacial score (nSPS) is 11.0. The summed E-state index contributed by atoms with van der Waals surface area (Å²) in [6.45, 7) is 0. The van der Waals surface area contributed by atoms with Crippen LogP contribution < -0.4 is 5.32 Å². The van der Waals surface area contributed by atoms with Crippen molar-refractivity contribution in [2.75, 3.05) is 12.4 Å². The average molecular weight is 365 g/mol. The zero-order valence-electron chi connectivity index (χ0n) is 14.3. The predicted octanol–water partition coefficient (Wildman–Crippen LogP) is 5.42. The maximum atomic E-state index is 14.2. The van der Waals surface area contributed by atoms with Crippen LogP contribution >= 0.6 is 0 Å². The van der Waals surface area contributed by atoms with Gasteiger partial charge < -0.3 is 5.32 Å². The second kappa shape index (κ2) is 6.72. The molecule has 0 amide bonds. The number of rotatable bonds is 3. The number of nitrogens with one attached hydrogen (secondary N) is 1. The Morgan fingerprint density at radius 1 is 0.778 bits per heavy atom. The first-order valence-electron chi connectivity index (χ1n) is 8.27. The van der Waals surface area contributed by atoms with E-state index in [0.29, 0.717) is 28.1 Å².